The maximum Gasteiger partial charge on any atom is 0.328 e. The van der Waals surface area contributed by atoms with Crippen molar-refractivity contribution < 1.29 is 19.4 Å². The molecule has 2 rings (SSSR count). The first kappa shape index (κ1) is 16.8. The molecule has 0 aliphatic heterocycles. The van der Waals surface area contributed by atoms with Crippen LogP contribution in [0, 0.1) is 0 Å². The van der Waals surface area contributed by atoms with Crippen LogP contribution in [-0.4, -0.2) is 17.5 Å². The molecule has 0 heterocycles. The maximum absolute atomic E-state index is 10.2. The fraction of sp³-hybridized carbons (Fsp3) is 0. The van der Waals surface area contributed by atoms with Crippen molar-refractivity contribution in [1.82, 2.24) is 0 Å². The molecule has 0 amide bonds. The molecule has 6 nitrogen and oxygen atoms in total. The van der Waals surface area contributed by atoms with E-state index in [2.05, 4.69) is 4.74 Å². The molecular formula is C16H16N2O4. The Morgan fingerprint density at radius 3 is 2.05 bits per heavy atom. The Morgan fingerprint density at radius 2 is 1.64 bits per heavy atom. The number of carboxylic acids is 1. The van der Waals surface area contributed by atoms with E-state index in [1.807, 2.05) is 6.07 Å². The molecule has 22 heavy (non-hydrogen) atoms. The minimum atomic E-state index is -1.00. The van der Waals surface area contributed by atoms with Gasteiger partial charge in [-0.3, -0.25) is 4.79 Å². The summed E-state index contributed by atoms with van der Waals surface area (Å²) in [6.07, 6.45) is 2.49. The zero-order valence-electron chi connectivity index (χ0n) is 11.7. The number of aliphatic carboxylic acids is 1. The molecule has 5 N–H and O–H groups in total. The van der Waals surface area contributed by atoms with Gasteiger partial charge >= 0.3 is 5.97 Å². The number of benzene rings is 2. The van der Waals surface area contributed by atoms with Crippen molar-refractivity contribution in [2.24, 2.45) is 0 Å². The lowest BCUT2D eigenvalue weighted by atomic mass is 10.2. The van der Waals surface area contributed by atoms with Crippen LogP contribution in [0.15, 0.2) is 54.6 Å². The van der Waals surface area contributed by atoms with E-state index in [0.29, 0.717) is 23.6 Å². The molecule has 0 saturated heterocycles. The van der Waals surface area contributed by atoms with E-state index >= 15 is 0 Å². The van der Waals surface area contributed by atoms with E-state index in [1.165, 1.54) is 6.08 Å². The van der Waals surface area contributed by atoms with Crippen LogP contribution in [0.3, 0.4) is 0 Å². The van der Waals surface area contributed by atoms with E-state index in [4.69, 9.17) is 16.6 Å². The van der Waals surface area contributed by atoms with Gasteiger partial charge in [-0.1, -0.05) is 18.2 Å². The van der Waals surface area contributed by atoms with Gasteiger partial charge in [0.15, 0.2) is 0 Å². The second kappa shape index (κ2) is 8.80. The highest BCUT2D eigenvalue weighted by molar-refractivity contribution is 5.85. The number of ether oxygens (including phenoxy) is 1. The maximum atomic E-state index is 10.2. The van der Waals surface area contributed by atoms with Gasteiger partial charge < -0.3 is 21.3 Å². The molecule has 0 fully saturated rings. The molecule has 0 aliphatic carbocycles. The molecule has 2 aromatic rings. The summed E-state index contributed by atoms with van der Waals surface area (Å²) in [5, 5.41) is 8.36. The molecule has 114 valence electrons. The van der Waals surface area contributed by atoms with E-state index < -0.39 is 5.97 Å². The second-order valence-corrected chi connectivity index (χ2v) is 4.12. The van der Waals surface area contributed by atoms with Crippen molar-refractivity contribution in [2.45, 2.75) is 0 Å². The normalized spacial score (nSPS) is 9.64. The molecule has 0 bridgehead atoms. The molecule has 0 saturated carbocycles. The quantitative estimate of drug-likeness (QED) is 0.453. The van der Waals surface area contributed by atoms with Crippen LogP contribution in [0.2, 0.25) is 0 Å². The number of hydrogen-bond donors (Lipinski definition) is 3. The van der Waals surface area contributed by atoms with Crippen molar-refractivity contribution in [3.63, 3.8) is 0 Å². The summed E-state index contributed by atoms with van der Waals surface area (Å²) >= 11 is 0. The largest absolute Gasteiger partial charge is 0.478 e. The number of nitrogen functional groups attached to an aromatic ring is 2. The van der Waals surface area contributed by atoms with Crippen molar-refractivity contribution in [3.8, 4) is 5.75 Å². The minimum Gasteiger partial charge on any atom is -0.478 e. The summed E-state index contributed by atoms with van der Waals surface area (Å²) in [5.74, 6) is -0.578. The summed E-state index contributed by atoms with van der Waals surface area (Å²) in [4.78, 5) is 20.1. The topological polar surface area (TPSA) is 116 Å². The third kappa shape index (κ3) is 6.76. The Labute approximate surface area is 127 Å². The van der Waals surface area contributed by atoms with Crippen LogP contribution in [0.4, 0.5) is 11.4 Å². The summed E-state index contributed by atoms with van der Waals surface area (Å²) in [6, 6.07) is 13.6. The van der Waals surface area contributed by atoms with Crippen molar-refractivity contribution in [3.05, 3.63) is 60.2 Å². The fourth-order valence-corrected chi connectivity index (χ4v) is 1.44. The minimum absolute atomic E-state index is 0.335. The highest BCUT2D eigenvalue weighted by Crippen LogP contribution is 2.12. The highest BCUT2D eigenvalue weighted by Gasteiger charge is 1.92. The van der Waals surface area contributed by atoms with Gasteiger partial charge in [-0.15, -0.1) is 0 Å². The Kier molecular flexibility index (Phi) is 6.71. The van der Waals surface area contributed by atoms with Crippen LogP contribution < -0.4 is 16.2 Å². The molecule has 2 aromatic carbocycles. The predicted octanol–water partition coefficient (Wildman–Crippen LogP) is 2.17. The average molecular weight is 300 g/mol. The number of anilines is 2. The van der Waals surface area contributed by atoms with Crippen molar-refractivity contribution >= 4 is 29.9 Å². The summed E-state index contributed by atoms with van der Waals surface area (Å²) < 4.78 is 4.57. The first-order chi connectivity index (χ1) is 10.5. The molecular weight excluding hydrogens is 284 g/mol. The number of hydrogen-bond acceptors (Lipinski definition) is 5. The van der Waals surface area contributed by atoms with Gasteiger partial charge in [0, 0.05) is 17.5 Å². The zero-order chi connectivity index (χ0) is 16.4. The molecule has 6 heteroatoms. The molecule has 0 aromatic heterocycles. The third-order valence-electron chi connectivity index (χ3n) is 2.39. The lowest BCUT2D eigenvalue weighted by Crippen LogP contribution is -1.88. The smallest absolute Gasteiger partial charge is 0.328 e. The molecule has 0 atom stereocenters. The number of carbonyl (C=O) groups is 2. The summed E-state index contributed by atoms with van der Waals surface area (Å²) in [6.45, 7) is 0.335. The van der Waals surface area contributed by atoms with Crippen LogP contribution in [0.1, 0.15) is 5.56 Å². The van der Waals surface area contributed by atoms with E-state index in [1.54, 1.807) is 42.5 Å². The number of nitrogens with two attached hydrogens (primary N) is 2. The zero-order valence-corrected chi connectivity index (χ0v) is 11.7. The van der Waals surface area contributed by atoms with Gasteiger partial charge in [0.2, 0.25) is 0 Å². The Morgan fingerprint density at radius 1 is 1.05 bits per heavy atom. The fourth-order valence-electron chi connectivity index (χ4n) is 1.44. The second-order valence-electron chi connectivity index (χ2n) is 4.12. The first-order valence-corrected chi connectivity index (χ1v) is 6.23. The monoisotopic (exact) mass is 300 g/mol. The first-order valence-electron chi connectivity index (χ1n) is 6.23. The molecule has 0 radical (unpaired) electrons. The summed E-state index contributed by atoms with van der Waals surface area (Å²) in [7, 11) is 0. The highest BCUT2D eigenvalue weighted by atomic mass is 16.5. The van der Waals surface area contributed by atoms with Crippen molar-refractivity contribution in [2.75, 3.05) is 11.5 Å². The summed E-state index contributed by atoms with van der Waals surface area (Å²) in [5.41, 5.74) is 12.9. The van der Waals surface area contributed by atoms with Gasteiger partial charge in [0.1, 0.15) is 5.75 Å². The lowest BCUT2D eigenvalue weighted by Gasteiger charge is -1.96. The Bertz CT molecular complexity index is 634. The third-order valence-corrected chi connectivity index (χ3v) is 2.39. The van der Waals surface area contributed by atoms with Crippen LogP contribution in [-0.2, 0) is 9.59 Å². The van der Waals surface area contributed by atoms with E-state index in [0.717, 1.165) is 11.6 Å². The van der Waals surface area contributed by atoms with Gasteiger partial charge in [-0.05, 0) is 42.0 Å². The molecule has 0 unspecified atom stereocenters. The number of carboxylic acid groups (broad SMARTS) is 1. The standard InChI is InChI=1S/C10H8O4.C6H8N2/c11-7-14-9-4-1-8(2-5-9)3-6-10(12)13;7-5-2-1-3-6(8)4-5/h1-7H,(H,12,13);1-4H,7-8H2. The molecule has 0 aliphatic rings. The van der Waals surface area contributed by atoms with Gasteiger partial charge in [-0.2, -0.15) is 0 Å². The van der Waals surface area contributed by atoms with Crippen molar-refractivity contribution in [1.29, 1.82) is 0 Å². The van der Waals surface area contributed by atoms with Gasteiger partial charge in [0.05, 0.1) is 0 Å². The van der Waals surface area contributed by atoms with E-state index in [-0.39, 0.29) is 0 Å². The van der Waals surface area contributed by atoms with Gasteiger partial charge in [0.25, 0.3) is 6.47 Å². The van der Waals surface area contributed by atoms with Crippen LogP contribution in [0.5, 0.6) is 5.75 Å². The predicted molar refractivity (Wildman–Crippen MR) is 85.1 cm³/mol. The van der Waals surface area contributed by atoms with Crippen LogP contribution >= 0.6 is 0 Å². The lowest BCUT2D eigenvalue weighted by molar-refractivity contribution is -0.131. The van der Waals surface area contributed by atoms with Crippen LogP contribution in [0.25, 0.3) is 6.08 Å². The number of rotatable bonds is 4. The number of carbonyl (C=O) groups excluding carboxylic acids is 1. The Balaban J connectivity index is 0.000000255. The SMILES string of the molecule is Nc1cccc(N)c1.O=COc1ccc(C=CC(=O)O)cc1. The van der Waals surface area contributed by atoms with Gasteiger partial charge in [-0.25, -0.2) is 4.79 Å². The molecule has 0 spiro atoms. The average Bonchev–Trinajstić information content (AvgIpc) is 2.47. The Hall–Kier alpha value is -3.28. The van der Waals surface area contributed by atoms with E-state index in [9.17, 15) is 9.59 Å².